The van der Waals surface area contributed by atoms with Gasteiger partial charge in [-0.2, -0.15) is 0 Å². The molecule has 4 atom stereocenters. The minimum Gasteiger partial charge on any atom is -0.497 e. The number of esters is 1. The third-order valence-corrected chi connectivity index (χ3v) is 10.2. The van der Waals surface area contributed by atoms with Crippen molar-refractivity contribution in [2.24, 2.45) is 17.3 Å². The molecular formula is C32H33BrO4. The van der Waals surface area contributed by atoms with Gasteiger partial charge in [-0.15, -0.1) is 0 Å². The first-order chi connectivity index (χ1) is 17.8. The predicted octanol–water partition coefficient (Wildman–Crippen LogP) is 7.44. The molecule has 0 spiro atoms. The Kier molecular flexibility index (Phi) is 7.26. The summed E-state index contributed by atoms with van der Waals surface area (Å²) in [6.07, 6.45) is 12.4. The van der Waals surface area contributed by atoms with Crippen molar-refractivity contribution >= 4 is 33.8 Å². The van der Waals surface area contributed by atoms with E-state index >= 15 is 0 Å². The molecular weight excluding hydrogens is 528 g/mol. The number of ketones is 1. The summed E-state index contributed by atoms with van der Waals surface area (Å²) in [7, 11) is 3.08. The van der Waals surface area contributed by atoms with Gasteiger partial charge in [-0.25, -0.2) is 4.79 Å². The average molecular weight is 562 g/mol. The summed E-state index contributed by atoms with van der Waals surface area (Å²) in [5.74, 6) is 2.36. The van der Waals surface area contributed by atoms with Crippen molar-refractivity contribution in [2.75, 3.05) is 14.2 Å². The number of aryl methyl sites for hydroxylation is 1. The van der Waals surface area contributed by atoms with Crippen molar-refractivity contribution in [1.29, 1.82) is 0 Å². The van der Waals surface area contributed by atoms with E-state index in [0.29, 0.717) is 23.3 Å². The number of halogens is 1. The van der Waals surface area contributed by atoms with E-state index in [1.165, 1.54) is 47.2 Å². The molecule has 3 aliphatic carbocycles. The number of hydrogen-bond acceptors (Lipinski definition) is 4. The van der Waals surface area contributed by atoms with E-state index in [1.54, 1.807) is 31.4 Å². The van der Waals surface area contributed by atoms with E-state index in [4.69, 9.17) is 4.74 Å². The highest BCUT2D eigenvalue weighted by atomic mass is 79.9. The maximum Gasteiger partial charge on any atom is 0.330 e. The highest BCUT2D eigenvalue weighted by Gasteiger charge is 2.52. The van der Waals surface area contributed by atoms with Crippen molar-refractivity contribution in [3.05, 3.63) is 93.0 Å². The van der Waals surface area contributed by atoms with Gasteiger partial charge in [-0.3, -0.25) is 4.79 Å². The first-order valence-electron chi connectivity index (χ1n) is 13.0. The summed E-state index contributed by atoms with van der Waals surface area (Å²) in [6.45, 7) is 2.41. The zero-order valence-electron chi connectivity index (χ0n) is 21.6. The van der Waals surface area contributed by atoms with Crippen molar-refractivity contribution in [1.82, 2.24) is 0 Å². The minimum atomic E-state index is -0.406. The molecule has 37 heavy (non-hydrogen) atoms. The topological polar surface area (TPSA) is 52.6 Å². The van der Waals surface area contributed by atoms with E-state index in [9.17, 15) is 9.59 Å². The van der Waals surface area contributed by atoms with Gasteiger partial charge in [0.1, 0.15) is 5.75 Å². The second-order valence-electron chi connectivity index (χ2n) is 10.7. The Bertz CT molecular complexity index is 1300. The van der Waals surface area contributed by atoms with Crippen LogP contribution in [-0.2, 0) is 16.0 Å². The highest BCUT2D eigenvalue weighted by molar-refractivity contribution is 9.11. The lowest BCUT2D eigenvalue weighted by Crippen LogP contribution is -2.40. The Hall–Kier alpha value is -2.92. The molecule has 2 aromatic rings. The number of rotatable bonds is 6. The Morgan fingerprint density at radius 1 is 1.03 bits per heavy atom. The summed E-state index contributed by atoms with van der Waals surface area (Å²) < 4.78 is 11.4. The van der Waals surface area contributed by atoms with Crippen LogP contribution in [0.1, 0.15) is 65.6 Å². The molecule has 0 unspecified atom stereocenters. The fraction of sp³-hybridized carbons (Fsp3) is 0.375. The Morgan fingerprint density at radius 2 is 1.81 bits per heavy atom. The monoisotopic (exact) mass is 560 g/mol. The molecule has 2 aromatic carbocycles. The average Bonchev–Trinajstić information content (AvgIpc) is 3.19. The minimum absolute atomic E-state index is 0.0188. The zero-order valence-corrected chi connectivity index (χ0v) is 23.2. The number of hydrogen-bond donors (Lipinski definition) is 0. The van der Waals surface area contributed by atoms with E-state index in [1.807, 2.05) is 18.2 Å². The van der Waals surface area contributed by atoms with Gasteiger partial charge in [-0.1, -0.05) is 59.3 Å². The van der Waals surface area contributed by atoms with Gasteiger partial charge in [0.15, 0.2) is 5.78 Å². The second kappa shape index (κ2) is 10.4. The number of ether oxygens (including phenoxy) is 2. The summed E-state index contributed by atoms with van der Waals surface area (Å²) in [5, 5.41) is 0. The molecule has 0 radical (unpaired) electrons. The summed E-state index contributed by atoms with van der Waals surface area (Å²) in [5.41, 5.74) is 5.81. The first-order valence-corrected chi connectivity index (χ1v) is 13.8. The Balaban J connectivity index is 1.30. The molecule has 0 bridgehead atoms. The predicted molar refractivity (Wildman–Crippen MR) is 150 cm³/mol. The number of allylic oxidation sites excluding steroid dienone is 4. The van der Waals surface area contributed by atoms with Crippen LogP contribution in [0.2, 0.25) is 0 Å². The van der Waals surface area contributed by atoms with E-state index in [2.05, 4.69) is 45.8 Å². The lowest BCUT2D eigenvalue weighted by Gasteiger charge is -2.49. The third-order valence-electron chi connectivity index (χ3n) is 8.79. The van der Waals surface area contributed by atoms with Crippen LogP contribution in [0.5, 0.6) is 5.75 Å². The Labute approximate surface area is 227 Å². The van der Waals surface area contributed by atoms with Crippen LogP contribution in [0.3, 0.4) is 0 Å². The van der Waals surface area contributed by atoms with E-state index < -0.39 is 5.97 Å². The van der Waals surface area contributed by atoms with Crippen LogP contribution in [0.25, 0.3) is 6.08 Å². The molecule has 192 valence electrons. The largest absolute Gasteiger partial charge is 0.497 e. The smallest absolute Gasteiger partial charge is 0.330 e. The number of fused-ring (bicyclic) bond motifs is 5. The number of carbonyl (C=O) groups excluding carboxylic acids is 2. The van der Waals surface area contributed by atoms with Gasteiger partial charge < -0.3 is 9.47 Å². The van der Waals surface area contributed by atoms with Crippen LogP contribution in [0.4, 0.5) is 0 Å². The molecule has 1 fully saturated rings. The second-order valence-corrected chi connectivity index (χ2v) is 11.4. The van der Waals surface area contributed by atoms with Gasteiger partial charge in [0.25, 0.3) is 0 Å². The van der Waals surface area contributed by atoms with Crippen molar-refractivity contribution in [3.63, 3.8) is 0 Å². The molecule has 0 aromatic heterocycles. The van der Waals surface area contributed by atoms with Crippen LogP contribution >= 0.6 is 15.9 Å². The van der Waals surface area contributed by atoms with E-state index in [0.717, 1.165) is 30.6 Å². The van der Waals surface area contributed by atoms with Gasteiger partial charge in [-0.05, 0) is 96.4 Å². The molecule has 1 saturated carbocycles. The molecule has 0 aliphatic heterocycles. The van der Waals surface area contributed by atoms with Crippen molar-refractivity contribution in [2.45, 2.75) is 44.9 Å². The van der Waals surface area contributed by atoms with Crippen molar-refractivity contribution < 1.29 is 19.1 Å². The SMILES string of the molecule is COC(=O)/C=C/c1ccc(C(=O)/C=C/C2=C(Br)[C@@]3(C)CC[C@@H]4c5ccc(OC)cc5CC[C@H]4[C@@H]3C2)cc1. The lowest BCUT2D eigenvalue weighted by molar-refractivity contribution is -0.134. The van der Waals surface area contributed by atoms with Crippen LogP contribution < -0.4 is 4.74 Å². The van der Waals surface area contributed by atoms with Gasteiger partial charge in [0, 0.05) is 21.5 Å². The molecule has 0 saturated heterocycles. The zero-order chi connectivity index (χ0) is 26.2. The molecule has 0 heterocycles. The molecule has 0 amide bonds. The summed E-state index contributed by atoms with van der Waals surface area (Å²) in [4.78, 5) is 24.2. The Morgan fingerprint density at radius 3 is 2.54 bits per heavy atom. The maximum atomic E-state index is 12.9. The summed E-state index contributed by atoms with van der Waals surface area (Å²) >= 11 is 3.98. The van der Waals surface area contributed by atoms with E-state index in [-0.39, 0.29) is 11.2 Å². The molecule has 5 heteroatoms. The number of carbonyl (C=O) groups is 2. The van der Waals surface area contributed by atoms with Gasteiger partial charge in [0.05, 0.1) is 14.2 Å². The van der Waals surface area contributed by atoms with Crippen LogP contribution in [-0.4, -0.2) is 26.0 Å². The fourth-order valence-electron chi connectivity index (χ4n) is 6.75. The first kappa shape index (κ1) is 25.7. The third kappa shape index (κ3) is 4.86. The summed E-state index contributed by atoms with van der Waals surface area (Å²) in [6, 6.07) is 13.9. The standard InChI is InChI=1S/C32H33BrO4/c1-32-17-16-26-25-13-11-24(36-2)18-22(25)9-12-27(26)28(32)19-23(31(32)33)10-14-29(34)21-7-4-20(5-8-21)6-15-30(35)37-3/h4-8,10-11,13-15,18,26-28H,9,12,16-17,19H2,1-3H3/b14-10+,15-6+/t26-,27-,28+,32+/m1/s1. The number of methoxy groups -OCH3 is 2. The lowest BCUT2D eigenvalue weighted by atomic mass is 9.56. The number of benzene rings is 2. The maximum absolute atomic E-state index is 12.9. The van der Waals surface area contributed by atoms with Crippen molar-refractivity contribution in [3.8, 4) is 5.75 Å². The van der Waals surface area contributed by atoms with Crippen LogP contribution in [0.15, 0.2) is 70.7 Å². The van der Waals surface area contributed by atoms with Crippen LogP contribution in [0, 0.1) is 17.3 Å². The quantitative estimate of drug-likeness (QED) is 0.209. The molecule has 3 aliphatic rings. The highest BCUT2D eigenvalue weighted by Crippen LogP contribution is 2.64. The normalized spacial score (nSPS) is 26.6. The van der Waals surface area contributed by atoms with Gasteiger partial charge >= 0.3 is 5.97 Å². The molecule has 5 rings (SSSR count). The van der Waals surface area contributed by atoms with Gasteiger partial charge in [0.2, 0.25) is 0 Å². The fourth-order valence-corrected chi connectivity index (χ4v) is 7.54. The molecule has 4 nitrogen and oxygen atoms in total. The molecule has 0 N–H and O–H groups in total.